The summed E-state index contributed by atoms with van der Waals surface area (Å²) in [5.74, 6) is 0. The van der Waals surface area contributed by atoms with Gasteiger partial charge in [-0.1, -0.05) is 0 Å². The van der Waals surface area contributed by atoms with Gasteiger partial charge in [-0.05, 0) is 19.4 Å². The number of hydrogen-bond acceptors (Lipinski definition) is 5. The largest absolute Gasteiger partial charge is 0.336 e. The summed E-state index contributed by atoms with van der Waals surface area (Å²) in [6.45, 7) is 4.16. The second-order valence-electron chi connectivity index (χ2n) is 6.27. The Labute approximate surface area is 142 Å². The Balaban J connectivity index is 1.49. The molecule has 1 atom stereocenters. The van der Waals surface area contributed by atoms with E-state index in [1.807, 2.05) is 4.90 Å². The van der Waals surface area contributed by atoms with E-state index in [0.29, 0.717) is 19.6 Å². The Hall–Kier alpha value is -1.65. The lowest BCUT2D eigenvalue weighted by molar-refractivity contribution is 0.128. The van der Waals surface area contributed by atoms with E-state index in [4.69, 9.17) is 0 Å². The molecule has 0 radical (unpaired) electrons. The third kappa shape index (κ3) is 3.87. The van der Waals surface area contributed by atoms with Gasteiger partial charge in [0, 0.05) is 52.0 Å². The molecule has 24 heavy (non-hydrogen) atoms. The summed E-state index contributed by atoms with van der Waals surface area (Å²) in [5, 5.41) is 6.72. The van der Waals surface area contributed by atoms with E-state index >= 15 is 0 Å². The Morgan fingerprint density at radius 3 is 2.92 bits per heavy atom. The molecule has 10 heteroatoms. The number of piperidine rings is 1. The number of carbonyl (C=O) groups excluding carboxylic acids is 1. The summed E-state index contributed by atoms with van der Waals surface area (Å²) in [6, 6.07) is 0.232. The number of nitrogens with zero attached hydrogens (tertiary/aromatic N) is 4. The standard InChI is InChI=1S/C14H24N6O3S/c1-18-11-13(9-16-18)24(22,23)17-5-7-19-6-2-3-12(10-19)20-8-4-15-14(20)21/h9,11-12,17H,2-8,10H2,1H3,(H,15,21). The lowest BCUT2D eigenvalue weighted by Crippen LogP contribution is -2.50. The molecule has 2 aliphatic heterocycles. The van der Waals surface area contributed by atoms with Crippen molar-refractivity contribution in [1.82, 2.24) is 29.6 Å². The molecule has 2 fully saturated rings. The van der Waals surface area contributed by atoms with Crippen LogP contribution in [-0.2, 0) is 17.1 Å². The maximum absolute atomic E-state index is 12.2. The minimum absolute atomic E-state index is 0.0131. The van der Waals surface area contributed by atoms with E-state index in [0.717, 1.165) is 32.5 Å². The predicted octanol–water partition coefficient (Wildman–Crippen LogP) is -0.812. The zero-order valence-corrected chi connectivity index (χ0v) is 14.6. The van der Waals surface area contributed by atoms with Crippen LogP contribution in [0.3, 0.4) is 0 Å². The first-order chi connectivity index (χ1) is 11.5. The molecule has 1 unspecified atom stereocenters. The molecule has 2 amide bonds. The fourth-order valence-electron chi connectivity index (χ4n) is 3.28. The fraction of sp³-hybridized carbons (Fsp3) is 0.714. The normalized spacial score (nSPS) is 22.8. The number of amides is 2. The van der Waals surface area contributed by atoms with Crippen LogP contribution in [0, 0.1) is 0 Å². The molecule has 0 spiro atoms. The average molecular weight is 356 g/mol. The van der Waals surface area contributed by atoms with Crippen LogP contribution < -0.4 is 10.0 Å². The first-order valence-corrected chi connectivity index (χ1v) is 9.69. The molecule has 2 aliphatic rings. The highest BCUT2D eigenvalue weighted by atomic mass is 32.2. The number of aromatic nitrogens is 2. The van der Waals surface area contributed by atoms with Crippen molar-refractivity contribution in [3.8, 4) is 0 Å². The number of urea groups is 1. The predicted molar refractivity (Wildman–Crippen MR) is 88.0 cm³/mol. The summed E-state index contributed by atoms with van der Waals surface area (Å²) < 4.78 is 28.4. The quantitative estimate of drug-likeness (QED) is 0.694. The Bertz CT molecular complexity index is 688. The average Bonchev–Trinajstić information content (AvgIpc) is 3.16. The van der Waals surface area contributed by atoms with Crippen LogP contribution in [0.1, 0.15) is 12.8 Å². The molecule has 3 rings (SSSR count). The highest BCUT2D eigenvalue weighted by Gasteiger charge is 2.31. The van der Waals surface area contributed by atoms with Crippen molar-refractivity contribution in [2.45, 2.75) is 23.8 Å². The van der Waals surface area contributed by atoms with Gasteiger partial charge in [0.05, 0.1) is 6.20 Å². The monoisotopic (exact) mass is 356 g/mol. The van der Waals surface area contributed by atoms with Crippen LogP contribution in [0.5, 0.6) is 0 Å². The molecule has 0 aliphatic carbocycles. The molecule has 1 aromatic rings. The summed E-state index contributed by atoms with van der Waals surface area (Å²) in [7, 11) is -1.83. The highest BCUT2D eigenvalue weighted by molar-refractivity contribution is 7.89. The molecule has 0 bridgehead atoms. The van der Waals surface area contributed by atoms with Gasteiger partial charge >= 0.3 is 6.03 Å². The van der Waals surface area contributed by atoms with E-state index in [-0.39, 0.29) is 17.0 Å². The van der Waals surface area contributed by atoms with Gasteiger partial charge in [0.1, 0.15) is 4.90 Å². The molecule has 2 saturated heterocycles. The molecule has 134 valence electrons. The Kier molecular flexibility index (Phi) is 5.07. The second-order valence-corrected chi connectivity index (χ2v) is 8.04. The first-order valence-electron chi connectivity index (χ1n) is 8.21. The van der Waals surface area contributed by atoms with Gasteiger partial charge in [-0.2, -0.15) is 5.10 Å². The van der Waals surface area contributed by atoms with Crippen molar-refractivity contribution in [1.29, 1.82) is 0 Å². The smallest absolute Gasteiger partial charge is 0.317 e. The van der Waals surface area contributed by atoms with E-state index < -0.39 is 10.0 Å². The second kappa shape index (κ2) is 7.08. The minimum Gasteiger partial charge on any atom is -0.336 e. The highest BCUT2D eigenvalue weighted by Crippen LogP contribution is 2.17. The van der Waals surface area contributed by atoms with Gasteiger partial charge < -0.3 is 10.2 Å². The van der Waals surface area contributed by atoms with E-state index in [1.165, 1.54) is 17.1 Å². The van der Waals surface area contributed by atoms with Gasteiger partial charge in [-0.25, -0.2) is 17.9 Å². The summed E-state index contributed by atoms with van der Waals surface area (Å²) >= 11 is 0. The zero-order valence-electron chi connectivity index (χ0n) is 13.8. The third-order valence-corrected chi connectivity index (χ3v) is 5.94. The lowest BCUT2D eigenvalue weighted by Gasteiger charge is -2.37. The van der Waals surface area contributed by atoms with Crippen molar-refractivity contribution >= 4 is 16.1 Å². The number of hydrogen-bond donors (Lipinski definition) is 2. The van der Waals surface area contributed by atoms with Crippen molar-refractivity contribution in [2.24, 2.45) is 7.05 Å². The molecule has 3 heterocycles. The van der Waals surface area contributed by atoms with Crippen molar-refractivity contribution < 1.29 is 13.2 Å². The number of sulfonamides is 1. The van der Waals surface area contributed by atoms with Crippen LogP contribution in [-0.4, -0.2) is 79.3 Å². The number of rotatable bonds is 6. The number of nitrogens with one attached hydrogen (secondary N) is 2. The Morgan fingerprint density at radius 1 is 1.42 bits per heavy atom. The van der Waals surface area contributed by atoms with Crippen molar-refractivity contribution in [2.75, 3.05) is 39.3 Å². The molecule has 9 nitrogen and oxygen atoms in total. The van der Waals surface area contributed by atoms with Gasteiger partial charge in [-0.15, -0.1) is 0 Å². The SMILES string of the molecule is Cn1cc(S(=O)(=O)NCCN2CCCC(N3CCNC3=O)C2)cn1. The van der Waals surface area contributed by atoms with Crippen molar-refractivity contribution in [3.05, 3.63) is 12.4 Å². The van der Waals surface area contributed by atoms with Gasteiger partial charge in [0.25, 0.3) is 0 Å². The number of aryl methyl sites for hydroxylation is 1. The van der Waals surface area contributed by atoms with Gasteiger partial charge in [0.15, 0.2) is 0 Å². The van der Waals surface area contributed by atoms with E-state index in [1.54, 1.807) is 7.05 Å². The van der Waals surface area contributed by atoms with Crippen LogP contribution in [0.4, 0.5) is 4.79 Å². The van der Waals surface area contributed by atoms with Crippen LogP contribution >= 0.6 is 0 Å². The Morgan fingerprint density at radius 2 is 2.25 bits per heavy atom. The molecule has 1 aromatic heterocycles. The fourth-order valence-corrected chi connectivity index (χ4v) is 4.29. The third-order valence-electron chi connectivity index (χ3n) is 4.52. The first kappa shape index (κ1) is 17.2. The van der Waals surface area contributed by atoms with E-state index in [9.17, 15) is 13.2 Å². The van der Waals surface area contributed by atoms with Crippen LogP contribution in [0.25, 0.3) is 0 Å². The summed E-state index contributed by atoms with van der Waals surface area (Å²) in [5.41, 5.74) is 0. The molecular weight excluding hydrogens is 332 g/mol. The number of likely N-dealkylation sites (tertiary alicyclic amines) is 1. The zero-order chi connectivity index (χ0) is 17.2. The van der Waals surface area contributed by atoms with Crippen molar-refractivity contribution in [3.63, 3.8) is 0 Å². The van der Waals surface area contributed by atoms with Gasteiger partial charge in [-0.3, -0.25) is 9.58 Å². The molecule has 0 saturated carbocycles. The summed E-state index contributed by atoms with van der Waals surface area (Å²) in [4.78, 5) is 16.1. The van der Waals surface area contributed by atoms with E-state index in [2.05, 4.69) is 20.0 Å². The van der Waals surface area contributed by atoms with Crippen LogP contribution in [0.2, 0.25) is 0 Å². The topological polar surface area (TPSA) is 99.6 Å². The lowest BCUT2D eigenvalue weighted by atomic mass is 10.0. The maximum Gasteiger partial charge on any atom is 0.317 e. The summed E-state index contributed by atoms with van der Waals surface area (Å²) in [6.07, 6.45) is 4.84. The van der Waals surface area contributed by atoms with Gasteiger partial charge in [0.2, 0.25) is 10.0 Å². The minimum atomic E-state index is -3.51. The van der Waals surface area contributed by atoms with Crippen LogP contribution in [0.15, 0.2) is 17.3 Å². The molecular formula is C14H24N6O3S. The maximum atomic E-state index is 12.2. The molecule has 0 aromatic carbocycles. The number of carbonyl (C=O) groups is 1. The molecule has 2 N–H and O–H groups in total.